The molecule has 1 unspecified atom stereocenters. The first kappa shape index (κ1) is 11.5. The van der Waals surface area contributed by atoms with Crippen molar-refractivity contribution >= 4 is 11.7 Å². The lowest BCUT2D eigenvalue weighted by Gasteiger charge is -2.11. The molecule has 1 atom stereocenters. The number of aryl methyl sites for hydroxylation is 1. The molecule has 0 radical (unpaired) electrons. The van der Waals surface area contributed by atoms with Crippen LogP contribution in [0.3, 0.4) is 0 Å². The van der Waals surface area contributed by atoms with Gasteiger partial charge in [0.2, 0.25) is 0 Å². The lowest BCUT2D eigenvalue weighted by Crippen LogP contribution is -2.31. The molecule has 4 nitrogen and oxygen atoms in total. The third-order valence-electron chi connectivity index (χ3n) is 2.02. The van der Waals surface area contributed by atoms with E-state index in [1.165, 1.54) is 0 Å². The number of hydrogen-bond donors (Lipinski definition) is 3. The van der Waals surface area contributed by atoms with E-state index in [4.69, 9.17) is 10.8 Å². The van der Waals surface area contributed by atoms with Crippen LogP contribution in [-0.4, -0.2) is 23.7 Å². The molecule has 0 aliphatic heterocycles. The van der Waals surface area contributed by atoms with Gasteiger partial charge in [-0.25, -0.2) is 0 Å². The number of nitrogens with two attached hydrogens (primary N) is 1. The van der Waals surface area contributed by atoms with Crippen molar-refractivity contribution in [3.05, 3.63) is 29.8 Å². The molecule has 82 valence electrons. The maximum Gasteiger partial charge on any atom is 0.304 e. The Labute approximate surface area is 89.1 Å². The standard InChI is InChI=1S/C11H16N2O2/c1-8-3-2-4-10(5-8)13-7-9(12)6-11(14)15/h2-5,9,13H,6-7,12H2,1H3,(H,14,15). The molecule has 15 heavy (non-hydrogen) atoms. The zero-order chi connectivity index (χ0) is 11.3. The Balaban J connectivity index is 2.40. The highest BCUT2D eigenvalue weighted by atomic mass is 16.4. The molecule has 1 rings (SSSR count). The SMILES string of the molecule is Cc1cccc(NCC(N)CC(=O)O)c1. The Morgan fingerprint density at radius 1 is 1.60 bits per heavy atom. The number of carbonyl (C=O) groups is 1. The van der Waals surface area contributed by atoms with Gasteiger partial charge < -0.3 is 16.2 Å². The Morgan fingerprint density at radius 2 is 2.33 bits per heavy atom. The van der Waals surface area contributed by atoms with Crippen LogP contribution in [0.2, 0.25) is 0 Å². The molecule has 0 saturated heterocycles. The first-order valence-electron chi connectivity index (χ1n) is 4.86. The number of nitrogens with one attached hydrogen (secondary N) is 1. The summed E-state index contributed by atoms with van der Waals surface area (Å²) in [5.41, 5.74) is 7.74. The van der Waals surface area contributed by atoms with Gasteiger partial charge in [0, 0.05) is 18.3 Å². The summed E-state index contributed by atoms with van der Waals surface area (Å²) in [5, 5.41) is 11.6. The van der Waals surface area contributed by atoms with Gasteiger partial charge in [-0.3, -0.25) is 4.79 Å². The van der Waals surface area contributed by atoms with Crippen LogP contribution in [0.25, 0.3) is 0 Å². The van der Waals surface area contributed by atoms with E-state index in [0.717, 1.165) is 11.3 Å². The van der Waals surface area contributed by atoms with Gasteiger partial charge in [-0.05, 0) is 24.6 Å². The van der Waals surface area contributed by atoms with Crippen molar-refractivity contribution in [3.8, 4) is 0 Å². The molecule has 0 aromatic heterocycles. The predicted octanol–water partition coefficient (Wildman–Crippen LogP) is 1.21. The summed E-state index contributed by atoms with van der Waals surface area (Å²) in [6.07, 6.45) is -0.0151. The van der Waals surface area contributed by atoms with Crippen LogP contribution >= 0.6 is 0 Å². The maximum atomic E-state index is 10.4. The van der Waals surface area contributed by atoms with Crippen LogP contribution in [0.5, 0.6) is 0 Å². The van der Waals surface area contributed by atoms with Crippen molar-refractivity contribution in [1.29, 1.82) is 0 Å². The lowest BCUT2D eigenvalue weighted by atomic mass is 10.2. The van der Waals surface area contributed by atoms with Gasteiger partial charge in [0.25, 0.3) is 0 Å². The van der Waals surface area contributed by atoms with E-state index in [9.17, 15) is 4.79 Å². The van der Waals surface area contributed by atoms with Crippen molar-refractivity contribution in [2.24, 2.45) is 5.73 Å². The molecule has 0 heterocycles. The van der Waals surface area contributed by atoms with Crippen LogP contribution < -0.4 is 11.1 Å². The van der Waals surface area contributed by atoms with Crippen LogP contribution in [0, 0.1) is 6.92 Å². The second kappa shape index (κ2) is 5.36. The van der Waals surface area contributed by atoms with E-state index in [-0.39, 0.29) is 12.5 Å². The molecule has 0 amide bonds. The minimum absolute atomic E-state index is 0.0151. The first-order chi connectivity index (χ1) is 7.08. The topological polar surface area (TPSA) is 75.3 Å². The fraction of sp³-hybridized carbons (Fsp3) is 0.364. The molecule has 4 N–H and O–H groups in total. The summed E-state index contributed by atoms with van der Waals surface area (Å²) in [7, 11) is 0. The third kappa shape index (κ3) is 4.46. The number of aliphatic carboxylic acids is 1. The lowest BCUT2D eigenvalue weighted by molar-refractivity contribution is -0.137. The van der Waals surface area contributed by atoms with E-state index in [0.29, 0.717) is 6.54 Å². The molecule has 0 aliphatic carbocycles. The van der Waals surface area contributed by atoms with Gasteiger partial charge in [0.1, 0.15) is 0 Å². The second-order valence-electron chi connectivity index (χ2n) is 3.61. The highest BCUT2D eigenvalue weighted by Gasteiger charge is 2.07. The van der Waals surface area contributed by atoms with E-state index in [1.54, 1.807) is 0 Å². The number of hydrogen-bond acceptors (Lipinski definition) is 3. The normalized spacial score (nSPS) is 12.1. The number of anilines is 1. The molecule has 0 fully saturated rings. The highest BCUT2D eigenvalue weighted by Crippen LogP contribution is 2.09. The van der Waals surface area contributed by atoms with Crippen molar-refractivity contribution < 1.29 is 9.90 Å². The summed E-state index contributed by atoms with van der Waals surface area (Å²) >= 11 is 0. The summed E-state index contributed by atoms with van der Waals surface area (Å²) in [4.78, 5) is 10.4. The summed E-state index contributed by atoms with van der Waals surface area (Å²) < 4.78 is 0. The summed E-state index contributed by atoms with van der Waals surface area (Å²) in [6, 6.07) is 7.51. The quantitative estimate of drug-likeness (QED) is 0.679. The molecule has 4 heteroatoms. The van der Waals surface area contributed by atoms with Gasteiger partial charge in [0.05, 0.1) is 6.42 Å². The van der Waals surface area contributed by atoms with Crippen molar-refractivity contribution in [3.63, 3.8) is 0 Å². The largest absolute Gasteiger partial charge is 0.481 e. The Morgan fingerprint density at radius 3 is 2.93 bits per heavy atom. The predicted molar refractivity (Wildman–Crippen MR) is 59.9 cm³/mol. The number of carboxylic acid groups (broad SMARTS) is 1. The van der Waals surface area contributed by atoms with Crippen molar-refractivity contribution in [2.75, 3.05) is 11.9 Å². The van der Waals surface area contributed by atoms with Crippen LogP contribution in [0.15, 0.2) is 24.3 Å². The summed E-state index contributed by atoms with van der Waals surface area (Å²) in [5.74, 6) is -0.867. The zero-order valence-corrected chi connectivity index (χ0v) is 8.73. The van der Waals surface area contributed by atoms with Crippen LogP contribution in [0.1, 0.15) is 12.0 Å². The molecular formula is C11H16N2O2. The van der Waals surface area contributed by atoms with Gasteiger partial charge in [0.15, 0.2) is 0 Å². The molecule has 1 aromatic carbocycles. The molecule has 0 spiro atoms. The third-order valence-corrected chi connectivity index (χ3v) is 2.02. The Hall–Kier alpha value is -1.55. The average Bonchev–Trinajstić information content (AvgIpc) is 2.14. The maximum absolute atomic E-state index is 10.4. The summed E-state index contributed by atoms with van der Waals surface area (Å²) in [6.45, 7) is 2.47. The van der Waals surface area contributed by atoms with Crippen LogP contribution in [0.4, 0.5) is 5.69 Å². The van der Waals surface area contributed by atoms with Gasteiger partial charge >= 0.3 is 5.97 Å². The van der Waals surface area contributed by atoms with Crippen molar-refractivity contribution in [1.82, 2.24) is 0 Å². The van der Waals surface area contributed by atoms with E-state index in [1.807, 2.05) is 31.2 Å². The molecule has 0 bridgehead atoms. The minimum Gasteiger partial charge on any atom is -0.481 e. The first-order valence-corrected chi connectivity index (χ1v) is 4.86. The second-order valence-corrected chi connectivity index (χ2v) is 3.61. The van der Waals surface area contributed by atoms with E-state index in [2.05, 4.69) is 5.32 Å². The van der Waals surface area contributed by atoms with Gasteiger partial charge in [-0.1, -0.05) is 12.1 Å². The monoisotopic (exact) mass is 208 g/mol. The minimum atomic E-state index is -0.867. The fourth-order valence-corrected chi connectivity index (χ4v) is 1.30. The van der Waals surface area contributed by atoms with Gasteiger partial charge in [-0.2, -0.15) is 0 Å². The van der Waals surface area contributed by atoms with Crippen LogP contribution in [-0.2, 0) is 4.79 Å². The number of benzene rings is 1. The van der Waals surface area contributed by atoms with Gasteiger partial charge in [-0.15, -0.1) is 0 Å². The van der Waals surface area contributed by atoms with E-state index >= 15 is 0 Å². The average molecular weight is 208 g/mol. The zero-order valence-electron chi connectivity index (χ0n) is 8.73. The Kier molecular flexibility index (Phi) is 4.12. The van der Waals surface area contributed by atoms with Crippen molar-refractivity contribution in [2.45, 2.75) is 19.4 Å². The smallest absolute Gasteiger partial charge is 0.304 e. The number of carboxylic acids is 1. The molecular weight excluding hydrogens is 192 g/mol. The number of rotatable bonds is 5. The highest BCUT2D eigenvalue weighted by molar-refractivity contribution is 5.67. The Bertz CT molecular complexity index is 339. The molecule has 0 aliphatic rings. The molecule has 0 saturated carbocycles. The van der Waals surface area contributed by atoms with E-state index < -0.39 is 5.97 Å². The molecule has 1 aromatic rings. The fourth-order valence-electron chi connectivity index (χ4n) is 1.30.